The standard InChI is InChI=1S/C10H12N2O2S/c1-4-13-8-9(1)7-11-3-6-15-10-12-2-5-14-10/h1-2,4-5,8,11H,3,6-7H2. The molecule has 2 heterocycles. The van der Waals surface area contributed by atoms with Crippen molar-refractivity contribution in [2.75, 3.05) is 12.3 Å². The molecular formula is C10H12N2O2S. The quantitative estimate of drug-likeness (QED) is 0.602. The Labute approximate surface area is 92.1 Å². The van der Waals surface area contributed by atoms with E-state index in [0.717, 1.165) is 29.6 Å². The van der Waals surface area contributed by atoms with E-state index in [4.69, 9.17) is 8.83 Å². The Bertz CT molecular complexity index is 322. The van der Waals surface area contributed by atoms with Crippen LogP contribution in [0.1, 0.15) is 5.56 Å². The van der Waals surface area contributed by atoms with Crippen molar-refractivity contribution in [2.45, 2.75) is 11.8 Å². The summed E-state index contributed by atoms with van der Waals surface area (Å²) in [6.45, 7) is 1.75. The highest BCUT2D eigenvalue weighted by atomic mass is 32.2. The van der Waals surface area contributed by atoms with Crippen molar-refractivity contribution in [3.05, 3.63) is 36.6 Å². The van der Waals surface area contributed by atoms with Crippen molar-refractivity contribution in [1.29, 1.82) is 0 Å². The van der Waals surface area contributed by atoms with Gasteiger partial charge in [0, 0.05) is 24.4 Å². The molecule has 0 bridgehead atoms. The molecule has 2 aromatic heterocycles. The van der Waals surface area contributed by atoms with Gasteiger partial charge in [-0.3, -0.25) is 0 Å². The fraction of sp³-hybridized carbons (Fsp3) is 0.300. The number of oxazole rings is 1. The molecule has 0 aliphatic carbocycles. The van der Waals surface area contributed by atoms with Crippen LogP contribution in [0.15, 0.2) is 45.1 Å². The lowest BCUT2D eigenvalue weighted by Crippen LogP contribution is -2.15. The number of nitrogens with zero attached hydrogens (tertiary/aromatic N) is 1. The van der Waals surface area contributed by atoms with Crippen LogP contribution in [-0.2, 0) is 6.54 Å². The summed E-state index contributed by atoms with van der Waals surface area (Å²) in [5, 5.41) is 4.02. The van der Waals surface area contributed by atoms with E-state index in [9.17, 15) is 0 Å². The summed E-state index contributed by atoms with van der Waals surface area (Å²) in [7, 11) is 0. The Hall–Kier alpha value is -1.20. The van der Waals surface area contributed by atoms with Crippen molar-refractivity contribution in [2.24, 2.45) is 0 Å². The molecule has 0 aliphatic heterocycles. The zero-order chi connectivity index (χ0) is 10.3. The summed E-state index contributed by atoms with van der Waals surface area (Å²) >= 11 is 1.60. The van der Waals surface area contributed by atoms with Gasteiger partial charge in [0.2, 0.25) is 0 Å². The number of hydrogen-bond acceptors (Lipinski definition) is 5. The average Bonchev–Trinajstić information content (AvgIpc) is 2.88. The van der Waals surface area contributed by atoms with Crippen molar-refractivity contribution in [3.8, 4) is 0 Å². The number of aromatic nitrogens is 1. The van der Waals surface area contributed by atoms with Crippen molar-refractivity contribution in [3.63, 3.8) is 0 Å². The van der Waals surface area contributed by atoms with Crippen molar-refractivity contribution >= 4 is 11.8 Å². The average molecular weight is 224 g/mol. The van der Waals surface area contributed by atoms with E-state index >= 15 is 0 Å². The monoisotopic (exact) mass is 224 g/mol. The molecule has 0 fully saturated rings. The van der Waals surface area contributed by atoms with Crippen LogP contribution in [0.25, 0.3) is 0 Å². The predicted molar refractivity (Wildman–Crippen MR) is 57.6 cm³/mol. The highest BCUT2D eigenvalue weighted by Gasteiger charge is 1.97. The highest BCUT2D eigenvalue weighted by Crippen LogP contribution is 2.13. The van der Waals surface area contributed by atoms with Gasteiger partial charge in [0.15, 0.2) is 0 Å². The van der Waals surface area contributed by atoms with E-state index in [-0.39, 0.29) is 0 Å². The molecule has 2 aromatic rings. The first-order chi connectivity index (χ1) is 7.45. The number of thioether (sulfide) groups is 1. The lowest BCUT2D eigenvalue weighted by molar-refractivity contribution is 0.454. The van der Waals surface area contributed by atoms with Gasteiger partial charge in [0.25, 0.3) is 5.22 Å². The number of nitrogens with one attached hydrogen (secondary N) is 1. The molecule has 0 saturated carbocycles. The van der Waals surface area contributed by atoms with Crippen LogP contribution in [0.5, 0.6) is 0 Å². The zero-order valence-corrected chi connectivity index (χ0v) is 9.00. The minimum Gasteiger partial charge on any atom is -0.472 e. The molecule has 0 aromatic carbocycles. The summed E-state index contributed by atoms with van der Waals surface area (Å²) in [6.07, 6.45) is 6.66. The molecule has 0 saturated heterocycles. The molecule has 0 unspecified atom stereocenters. The molecule has 5 heteroatoms. The Balaban J connectivity index is 1.56. The molecule has 1 N–H and O–H groups in total. The van der Waals surface area contributed by atoms with Gasteiger partial charge in [-0.2, -0.15) is 0 Å². The van der Waals surface area contributed by atoms with Gasteiger partial charge < -0.3 is 14.2 Å². The van der Waals surface area contributed by atoms with Gasteiger partial charge in [-0.25, -0.2) is 4.98 Å². The lowest BCUT2D eigenvalue weighted by atomic mass is 10.3. The maximum absolute atomic E-state index is 5.10. The lowest BCUT2D eigenvalue weighted by Gasteiger charge is -2.00. The number of rotatable bonds is 6. The molecule has 0 amide bonds. The van der Waals surface area contributed by atoms with Crippen molar-refractivity contribution in [1.82, 2.24) is 10.3 Å². The Morgan fingerprint density at radius 3 is 3.13 bits per heavy atom. The van der Waals surface area contributed by atoms with Gasteiger partial charge in [-0.15, -0.1) is 0 Å². The van der Waals surface area contributed by atoms with Crippen LogP contribution in [0.3, 0.4) is 0 Å². The van der Waals surface area contributed by atoms with Crippen LogP contribution in [0.2, 0.25) is 0 Å². The third-order valence-electron chi connectivity index (χ3n) is 1.82. The largest absolute Gasteiger partial charge is 0.472 e. The predicted octanol–water partition coefficient (Wildman–Crippen LogP) is 2.15. The fourth-order valence-corrected chi connectivity index (χ4v) is 1.80. The first kappa shape index (κ1) is 10.3. The Kier molecular flexibility index (Phi) is 3.87. The van der Waals surface area contributed by atoms with Crippen LogP contribution < -0.4 is 5.32 Å². The van der Waals surface area contributed by atoms with Crippen LogP contribution in [-0.4, -0.2) is 17.3 Å². The first-order valence-corrected chi connectivity index (χ1v) is 5.68. The van der Waals surface area contributed by atoms with E-state index in [1.54, 1.807) is 36.7 Å². The fourth-order valence-electron chi connectivity index (χ4n) is 1.12. The molecule has 80 valence electrons. The summed E-state index contributed by atoms with van der Waals surface area (Å²) in [6, 6.07) is 1.95. The Morgan fingerprint density at radius 1 is 1.40 bits per heavy atom. The molecule has 15 heavy (non-hydrogen) atoms. The summed E-state index contributed by atoms with van der Waals surface area (Å²) < 4.78 is 10.1. The SMILES string of the molecule is c1coc(SCCNCc2ccoc2)n1. The van der Waals surface area contributed by atoms with E-state index in [1.165, 1.54) is 0 Å². The van der Waals surface area contributed by atoms with Crippen LogP contribution >= 0.6 is 11.8 Å². The molecule has 0 atom stereocenters. The summed E-state index contributed by atoms with van der Waals surface area (Å²) in [4.78, 5) is 4.02. The number of hydrogen-bond donors (Lipinski definition) is 1. The Morgan fingerprint density at radius 2 is 2.40 bits per heavy atom. The molecule has 0 radical (unpaired) electrons. The second-order valence-electron chi connectivity index (χ2n) is 2.95. The van der Waals surface area contributed by atoms with Crippen molar-refractivity contribution < 1.29 is 8.83 Å². The van der Waals surface area contributed by atoms with E-state index in [2.05, 4.69) is 10.3 Å². The van der Waals surface area contributed by atoms with E-state index in [0.29, 0.717) is 0 Å². The molecule has 2 rings (SSSR count). The minimum atomic E-state index is 0.722. The van der Waals surface area contributed by atoms with Gasteiger partial charge in [-0.05, 0) is 6.07 Å². The second kappa shape index (κ2) is 5.63. The van der Waals surface area contributed by atoms with E-state index < -0.39 is 0 Å². The molecule has 0 spiro atoms. The molecule has 4 nitrogen and oxygen atoms in total. The number of furan rings is 1. The smallest absolute Gasteiger partial charge is 0.255 e. The van der Waals surface area contributed by atoms with E-state index in [1.807, 2.05) is 6.07 Å². The van der Waals surface area contributed by atoms with Crippen LogP contribution in [0.4, 0.5) is 0 Å². The summed E-state index contributed by atoms with van der Waals surface area (Å²) in [5.74, 6) is 0.943. The van der Waals surface area contributed by atoms with Gasteiger partial charge in [-0.1, -0.05) is 11.8 Å². The maximum atomic E-state index is 5.10. The van der Waals surface area contributed by atoms with Crippen LogP contribution in [0, 0.1) is 0 Å². The summed E-state index contributed by atoms with van der Waals surface area (Å²) in [5.41, 5.74) is 1.16. The highest BCUT2D eigenvalue weighted by molar-refractivity contribution is 7.99. The third kappa shape index (κ3) is 3.45. The zero-order valence-electron chi connectivity index (χ0n) is 8.18. The third-order valence-corrected chi connectivity index (χ3v) is 2.68. The topological polar surface area (TPSA) is 51.2 Å². The van der Waals surface area contributed by atoms with Gasteiger partial charge in [0.1, 0.15) is 6.26 Å². The molecule has 0 aliphatic rings. The van der Waals surface area contributed by atoms with Gasteiger partial charge in [0.05, 0.1) is 18.7 Å². The second-order valence-corrected chi connectivity index (χ2v) is 4.00. The van der Waals surface area contributed by atoms with Gasteiger partial charge >= 0.3 is 0 Å². The maximum Gasteiger partial charge on any atom is 0.255 e. The normalized spacial score (nSPS) is 10.7. The molecular weight excluding hydrogens is 212 g/mol. The minimum absolute atomic E-state index is 0.722. The first-order valence-electron chi connectivity index (χ1n) is 4.69.